The van der Waals surface area contributed by atoms with Crippen LogP contribution in [0.15, 0.2) is 48.5 Å². The van der Waals surface area contributed by atoms with Crippen LogP contribution >= 0.6 is 22.6 Å². The van der Waals surface area contributed by atoms with Crippen LogP contribution in [0.1, 0.15) is 43.1 Å². The average Bonchev–Trinajstić information content (AvgIpc) is 2.82. The number of carbonyl (C=O) groups is 5. The predicted molar refractivity (Wildman–Crippen MR) is 144 cm³/mol. The van der Waals surface area contributed by atoms with E-state index < -0.39 is 42.1 Å². The van der Waals surface area contributed by atoms with Gasteiger partial charge in [0.1, 0.15) is 29.6 Å². The van der Waals surface area contributed by atoms with E-state index in [2.05, 4.69) is 10.6 Å². The Morgan fingerprint density at radius 2 is 1.63 bits per heavy atom. The molecule has 0 saturated heterocycles. The number of amides is 2. The number of carboxylic acid groups (broad SMARTS) is 2. The largest absolute Gasteiger partial charge is 0.507 e. The number of alkyl halides is 1. The first-order chi connectivity index (χ1) is 17.7. The smallest absolute Gasteiger partial charge is 0.408 e. The molecule has 12 nitrogen and oxygen atoms in total. The molecule has 38 heavy (non-hydrogen) atoms. The van der Waals surface area contributed by atoms with Crippen LogP contribution in [0.5, 0.6) is 5.75 Å². The number of aliphatic carboxylic acids is 1. The number of alkyl carbamates (subject to hydrolysis) is 1. The van der Waals surface area contributed by atoms with Crippen molar-refractivity contribution in [3.8, 4) is 5.75 Å². The minimum atomic E-state index is -1.41. The van der Waals surface area contributed by atoms with Crippen LogP contribution in [0.4, 0.5) is 10.5 Å². The molecule has 0 bridgehead atoms. The number of rotatable bonds is 9. The summed E-state index contributed by atoms with van der Waals surface area (Å²) in [4.78, 5) is 56.0. The van der Waals surface area contributed by atoms with Gasteiger partial charge >= 0.3 is 24.0 Å². The van der Waals surface area contributed by atoms with Gasteiger partial charge in [0.25, 0.3) is 0 Å². The van der Waals surface area contributed by atoms with Crippen LogP contribution in [0.3, 0.4) is 0 Å². The maximum atomic E-state index is 11.7. The van der Waals surface area contributed by atoms with Crippen molar-refractivity contribution in [2.75, 3.05) is 9.74 Å². The Hall–Kier alpha value is -3.88. The number of anilines is 1. The molecule has 0 spiro atoms. The zero-order valence-corrected chi connectivity index (χ0v) is 23.1. The number of benzene rings is 2. The van der Waals surface area contributed by atoms with Crippen molar-refractivity contribution in [3.05, 3.63) is 59.7 Å². The summed E-state index contributed by atoms with van der Waals surface area (Å²) in [5, 5.41) is 31.7. The lowest BCUT2D eigenvalue weighted by molar-refractivity contribution is -0.150. The summed E-state index contributed by atoms with van der Waals surface area (Å²) in [6.07, 6.45) is -1.39. The molecular formula is C25H29IN2O10. The molecule has 5 N–H and O–H groups in total. The van der Waals surface area contributed by atoms with Gasteiger partial charge in [-0.15, -0.1) is 0 Å². The lowest BCUT2D eigenvalue weighted by atomic mass is 10.2. The number of halogens is 1. The molecule has 0 unspecified atom stereocenters. The van der Waals surface area contributed by atoms with Gasteiger partial charge in [-0.3, -0.25) is 9.59 Å². The fourth-order valence-corrected chi connectivity index (χ4v) is 2.79. The lowest BCUT2D eigenvalue weighted by Crippen LogP contribution is -2.44. The van der Waals surface area contributed by atoms with E-state index in [1.54, 1.807) is 45.0 Å². The molecule has 13 heteroatoms. The first-order valence-electron chi connectivity index (χ1n) is 11.1. The van der Waals surface area contributed by atoms with Crippen LogP contribution in [-0.4, -0.2) is 61.3 Å². The number of esters is 1. The second-order valence-corrected chi connectivity index (χ2v) is 9.37. The molecule has 1 atom stereocenters. The van der Waals surface area contributed by atoms with Gasteiger partial charge in [0.05, 0.1) is 10.8 Å². The minimum Gasteiger partial charge on any atom is -0.507 e. The average molecular weight is 644 g/mol. The standard InChI is InChI=1S/C16H21NO6.C9H8INO4/c1-16(2,3)23-15(21)17-12(14(19)20)9-13(18)22-10-11-7-5-4-6-8-11;10-4-8(13)11-5-1-2-6(9(14)15)7(12)3-5/h4-8,12H,9-10H2,1-3H3,(H,17,21)(H,19,20);1-3,12H,4H2,(H,11,13)(H,14,15)/t12-;/m0./s1. The van der Waals surface area contributed by atoms with Crippen LogP contribution in [0, 0.1) is 0 Å². The molecule has 2 aromatic rings. The van der Waals surface area contributed by atoms with E-state index in [-0.39, 0.29) is 23.8 Å². The Morgan fingerprint density at radius 1 is 1.00 bits per heavy atom. The zero-order valence-electron chi connectivity index (χ0n) is 20.9. The Morgan fingerprint density at radius 3 is 2.13 bits per heavy atom. The zero-order chi connectivity index (χ0) is 28.9. The number of phenols is 1. The molecule has 2 amide bonds. The van der Waals surface area contributed by atoms with Gasteiger partial charge in [-0.25, -0.2) is 14.4 Å². The second-order valence-electron chi connectivity index (χ2n) is 8.61. The highest BCUT2D eigenvalue weighted by molar-refractivity contribution is 14.1. The number of aromatic hydroxyl groups is 1. The summed E-state index contributed by atoms with van der Waals surface area (Å²) in [5.41, 5.74) is 0.204. The van der Waals surface area contributed by atoms with Gasteiger partial charge in [-0.1, -0.05) is 52.9 Å². The summed E-state index contributed by atoms with van der Waals surface area (Å²) in [6.45, 7) is 4.99. The van der Waals surface area contributed by atoms with Crippen LogP contribution in [0.2, 0.25) is 0 Å². The van der Waals surface area contributed by atoms with E-state index in [1.807, 2.05) is 28.7 Å². The number of carboxylic acids is 2. The summed E-state index contributed by atoms with van der Waals surface area (Å²) in [7, 11) is 0. The van der Waals surface area contributed by atoms with E-state index >= 15 is 0 Å². The SMILES string of the molecule is CC(C)(C)OC(=O)N[C@@H](CC(=O)OCc1ccccc1)C(=O)O.O=C(CI)Nc1ccc(C(=O)O)c(O)c1. The van der Waals surface area contributed by atoms with Gasteiger partial charge in [0.15, 0.2) is 0 Å². The first kappa shape index (κ1) is 32.1. The van der Waals surface area contributed by atoms with Gasteiger partial charge < -0.3 is 35.4 Å². The molecule has 0 heterocycles. The molecule has 2 aromatic carbocycles. The summed E-state index contributed by atoms with van der Waals surface area (Å²) in [6, 6.07) is 11.4. The van der Waals surface area contributed by atoms with Gasteiger partial charge in [0, 0.05) is 11.8 Å². The van der Waals surface area contributed by atoms with E-state index in [0.717, 1.165) is 5.56 Å². The predicted octanol–water partition coefficient (Wildman–Crippen LogP) is 3.56. The Balaban J connectivity index is 0.000000415. The van der Waals surface area contributed by atoms with E-state index in [9.17, 15) is 29.1 Å². The Kier molecular flexibility index (Phi) is 13.0. The van der Waals surface area contributed by atoms with Gasteiger partial charge in [-0.2, -0.15) is 0 Å². The maximum absolute atomic E-state index is 11.7. The molecule has 206 valence electrons. The normalized spacial score (nSPS) is 11.2. The van der Waals surface area contributed by atoms with Crippen molar-refractivity contribution in [2.24, 2.45) is 0 Å². The van der Waals surface area contributed by atoms with Crippen molar-refractivity contribution in [2.45, 2.75) is 45.4 Å². The lowest BCUT2D eigenvalue weighted by Gasteiger charge is -2.21. The number of nitrogens with one attached hydrogen (secondary N) is 2. The topological polar surface area (TPSA) is 189 Å². The molecule has 0 aliphatic heterocycles. The molecule has 0 aromatic heterocycles. The van der Waals surface area contributed by atoms with Crippen molar-refractivity contribution >= 4 is 58.2 Å². The summed E-state index contributed by atoms with van der Waals surface area (Å²) in [5.74, 6) is -3.85. The maximum Gasteiger partial charge on any atom is 0.408 e. The Labute approximate surface area is 232 Å². The van der Waals surface area contributed by atoms with Crippen molar-refractivity contribution in [3.63, 3.8) is 0 Å². The number of carbonyl (C=O) groups excluding carboxylic acids is 3. The van der Waals surface area contributed by atoms with Crippen molar-refractivity contribution in [1.29, 1.82) is 0 Å². The number of hydrogen-bond acceptors (Lipinski definition) is 8. The fraction of sp³-hybridized carbons (Fsp3) is 0.320. The number of ether oxygens (including phenoxy) is 2. The second kappa shape index (κ2) is 15.4. The molecule has 0 aliphatic rings. The van der Waals surface area contributed by atoms with Gasteiger partial charge in [-0.05, 0) is 38.5 Å². The van der Waals surface area contributed by atoms with E-state index in [4.69, 9.17) is 19.7 Å². The third-order valence-electron chi connectivity index (χ3n) is 4.24. The molecule has 0 radical (unpaired) electrons. The highest BCUT2D eigenvalue weighted by atomic mass is 127. The Bertz CT molecular complexity index is 1130. The number of aromatic carboxylic acids is 1. The minimum absolute atomic E-state index is 0.0401. The third kappa shape index (κ3) is 12.9. The fourth-order valence-electron chi connectivity index (χ4n) is 2.60. The number of hydrogen-bond donors (Lipinski definition) is 5. The molecule has 0 fully saturated rings. The first-order valence-corrected chi connectivity index (χ1v) is 12.6. The van der Waals surface area contributed by atoms with E-state index in [0.29, 0.717) is 10.1 Å². The highest BCUT2D eigenvalue weighted by Gasteiger charge is 2.26. The third-order valence-corrected chi connectivity index (χ3v) is 4.93. The van der Waals surface area contributed by atoms with Gasteiger partial charge in [0.2, 0.25) is 5.91 Å². The summed E-state index contributed by atoms with van der Waals surface area (Å²) < 4.78 is 10.3. The van der Waals surface area contributed by atoms with Crippen molar-refractivity contribution < 1.29 is 48.8 Å². The molecular weight excluding hydrogens is 615 g/mol. The van der Waals surface area contributed by atoms with Crippen LogP contribution in [-0.2, 0) is 30.5 Å². The van der Waals surface area contributed by atoms with Crippen LogP contribution < -0.4 is 10.6 Å². The molecule has 0 saturated carbocycles. The quantitative estimate of drug-likeness (QED) is 0.153. The van der Waals surface area contributed by atoms with Crippen molar-refractivity contribution in [1.82, 2.24) is 5.32 Å². The molecule has 0 aliphatic carbocycles. The van der Waals surface area contributed by atoms with Crippen LogP contribution in [0.25, 0.3) is 0 Å². The van der Waals surface area contributed by atoms with E-state index in [1.165, 1.54) is 18.2 Å². The highest BCUT2D eigenvalue weighted by Crippen LogP contribution is 2.21. The monoisotopic (exact) mass is 644 g/mol. The summed E-state index contributed by atoms with van der Waals surface area (Å²) >= 11 is 1.90. The molecule has 2 rings (SSSR count).